The highest BCUT2D eigenvalue weighted by atomic mass is 32.1. The molecular formula is C17H13FN2OS. The first-order valence-corrected chi connectivity index (χ1v) is 7.43. The Hall–Kier alpha value is -2.66. The zero-order valence-electron chi connectivity index (χ0n) is 11.5. The Balaban J connectivity index is 2.29. The predicted molar refractivity (Wildman–Crippen MR) is 88.1 cm³/mol. The Morgan fingerprint density at radius 2 is 1.59 bits per heavy atom. The van der Waals surface area contributed by atoms with Gasteiger partial charge in [-0.3, -0.25) is 4.79 Å². The fourth-order valence-corrected chi connectivity index (χ4v) is 3.48. The Labute approximate surface area is 131 Å². The van der Waals surface area contributed by atoms with Crippen molar-refractivity contribution >= 4 is 22.2 Å². The summed E-state index contributed by atoms with van der Waals surface area (Å²) in [4.78, 5) is 12.6. The number of hydrogen-bond acceptors (Lipinski definition) is 3. The first-order chi connectivity index (χ1) is 10.6. The first-order valence-electron chi connectivity index (χ1n) is 6.61. The Morgan fingerprint density at radius 1 is 0.955 bits per heavy atom. The van der Waals surface area contributed by atoms with E-state index in [4.69, 9.17) is 11.5 Å². The van der Waals surface area contributed by atoms with Crippen molar-refractivity contribution < 1.29 is 9.18 Å². The number of nitrogen functional groups attached to an aromatic ring is 1. The topological polar surface area (TPSA) is 69.1 Å². The van der Waals surface area contributed by atoms with Crippen molar-refractivity contribution in [2.75, 3.05) is 5.73 Å². The number of carbonyl (C=O) groups excluding carboxylic acids is 1. The van der Waals surface area contributed by atoms with E-state index in [0.29, 0.717) is 16.1 Å². The minimum atomic E-state index is -0.569. The van der Waals surface area contributed by atoms with E-state index in [9.17, 15) is 9.18 Å². The lowest BCUT2D eigenvalue weighted by Crippen LogP contribution is -2.13. The van der Waals surface area contributed by atoms with Gasteiger partial charge in [-0.2, -0.15) is 0 Å². The summed E-state index contributed by atoms with van der Waals surface area (Å²) in [6.07, 6.45) is 0. The number of rotatable bonds is 3. The highest BCUT2D eigenvalue weighted by molar-refractivity contribution is 7.20. The van der Waals surface area contributed by atoms with Gasteiger partial charge < -0.3 is 11.5 Å². The molecule has 5 heteroatoms. The Kier molecular flexibility index (Phi) is 3.65. The lowest BCUT2D eigenvalue weighted by molar-refractivity contribution is 0.100. The Bertz CT molecular complexity index is 826. The molecule has 0 fully saturated rings. The molecule has 0 aliphatic heterocycles. The van der Waals surface area contributed by atoms with Gasteiger partial charge in [-0.25, -0.2) is 4.39 Å². The normalized spacial score (nSPS) is 10.6. The monoisotopic (exact) mass is 312 g/mol. The zero-order valence-corrected chi connectivity index (χ0v) is 12.4. The summed E-state index contributed by atoms with van der Waals surface area (Å²) in [5.74, 6) is -0.884. The van der Waals surface area contributed by atoms with Gasteiger partial charge in [-0.15, -0.1) is 11.3 Å². The third-order valence-electron chi connectivity index (χ3n) is 3.35. The van der Waals surface area contributed by atoms with Crippen LogP contribution in [0.15, 0.2) is 54.6 Å². The van der Waals surface area contributed by atoms with Gasteiger partial charge in [0.2, 0.25) is 0 Å². The average Bonchev–Trinajstić information content (AvgIpc) is 2.86. The smallest absolute Gasteiger partial charge is 0.252 e. The van der Waals surface area contributed by atoms with Crippen LogP contribution in [0.4, 0.5) is 9.39 Å². The SMILES string of the molecule is NC(=O)c1c(N)sc(-c2ccc(F)cc2)c1-c1ccccc1. The highest BCUT2D eigenvalue weighted by Crippen LogP contribution is 2.44. The van der Waals surface area contributed by atoms with E-state index in [1.165, 1.54) is 23.5 Å². The van der Waals surface area contributed by atoms with Gasteiger partial charge in [-0.05, 0) is 23.3 Å². The van der Waals surface area contributed by atoms with E-state index in [1.807, 2.05) is 30.3 Å². The van der Waals surface area contributed by atoms with Crippen LogP contribution in [0.25, 0.3) is 21.6 Å². The standard InChI is InChI=1S/C17H13FN2OS/c18-12-8-6-11(7-9-12)15-13(10-4-2-1-3-5-10)14(16(19)21)17(20)22-15/h1-9H,20H2,(H2,19,21). The van der Waals surface area contributed by atoms with Crippen LogP contribution >= 0.6 is 11.3 Å². The highest BCUT2D eigenvalue weighted by Gasteiger charge is 2.22. The van der Waals surface area contributed by atoms with E-state index in [1.54, 1.807) is 12.1 Å². The number of thiophene rings is 1. The summed E-state index contributed by atoms with van der Waals surface area (Å²) in [5.41, 5.74) is 14.1. The molecule has 3 nitrogen and oxygen atoms in total. The van der Waals surface area contributed by atoms with Gasteiger partial charge in [0.1, 0.15) is 5.82 Å². The molecule has 0 aliphatic rings. The molecule has 0 atom stereocenters. The van der Waals surface area contributed by atoms with Gasteiger partial charge in [0.25, 0.3) is 5.91 Å². The van der Waals surface area contributed by atoms with E-state index in [2.05, 4.69) is 0 Å². The van der Waals surface area contributed by atoms with Crippen molar-refractivity contribution in [1.29, 1.82) is 0 Å². The predicted octanol–water partition coefficient (Wildman–Crippen LogP) is 3.90. The van der Waals surface area contributed by atoms with E-state index >= 15 is 0 Å². The fraction of sp³-hybridized carbons (Fsp3) is 0. The maximum atomic E-state index is 13.1. The Morgan fingerprint density at radius 3 is 2.18 bits per heavy atom. The van der Waals surface area contributed by atoms with E-state index in [0.717, 1.165) is 16.0 Å². The molecule has 4 N–H and O–H groups in total. The number of nitrogens with two attached hydrogens (primary N) is 2. The van der Waals surface area contributed by atoms with Gasteiger partial charge in [0.15, 0.2) is 0 Å². The van der Waals surface area contributed by atoms with Crippen molar-refractivity contribution in [1.82, 2.24) is 0 Å². The molecular weight excluding hydrogens is 299 g/mol. The van der Waals surface area contributed by atoms with Gasteiger partial charge in [-0.1, -0.05) is 42.5 Å². The molecule has 3 rings (SSSR count). The van der Waals surface area contributed by atoms with Crippen LogP contribution in [0.5, 0.6) is 0 Å². The van der Waals surface area contributed by atoms with Crippen molar-refractivity contribution in [2.45, 2.75) is 0 Å². The number of carbonyl (C=O) groups is 1. The summed E-state index contributed by atoms with van der Waals surface area (Å²) in [6, 6.07) is 15.5. The number of halogens is 1. The molecule has 0 saturated carbocycles. The molecule has 0 saturated heterocycles. The number of hydrogen-bond donors (Lipinski definition) is 2. The molecule has 2 aromatic carbocycles. The first kappa shape index (κ1) is 14.3. The fourth-order valence-electron chi connectivity index (χ4n) is 2.38. The molecule has 110 valence electrons. The summed E-state index contributed by atoms with van der Waals surface area (Å²) in [5, 5.41) is 0.366. The maximum absolute atomic E-state index is 13.1. The minimum absolute atomic E-state index is 0.315. The molecule has 0 unspecified atom stereocenters. The number of primary amides is 1. The molecule has 0 aliphatic carbocycles. The third kappa shape index (κ3) is 2.46. The summed E-state index contributed by atoms with van der Waals surface area (Å²) < 4.78 is 13.1. The van der Waals surface area contributed by atoms with Crippen molar-refractivity contribution in [2.24, 2.45) is 5.73 Å². The van der Waals surface area contributed by atoms with Crippen LogP contribution in [0.3, 0.4) is 0 Å². The second-order valence-corrected chi connectivity index (χ2v) is 5.83. The minimum Gasteiger partial charge on any atom is -0.390 e. The number of benzene rings is 2. The molecule has 22 heavy (non-hydrogen) atoms. The van der Waals surface area contributed by atoms with Crippen LogP contribution in [0, 0.1) is 5.82 Å². The number of amides is 1. The van der Waals surface area contributed by atoms with Crippen LogP contribution in [-0.4, -0.2) is 5.91 Å². The molecule has 0 radical (unpaired) electrons. The lowest BCUT2D eigenvalue weighted by atomic mass is 9.98. The maximum Gasteiger partial charge on any atom is 0.252 e. The van der Waals surface area contributed by atoms with Gasteiger partial charge >= 0.3 is 0 Å². The summed E-state index contributed by atoms with van der Waals surface area (Å²) in [6.45, 7) is 0. The average molecular weight is 312 g/mol. The zero-order chi connectivity index (χ0) is 15.7. The lowest BCUT2D eigenvalue weighted by Gasteiger charge is -2.07. The van der Waals surface area contributed by atoms with Crippen molar-refractivity contribution in [3.63, 3.8) is 0 Å². The summed E-state index contributed by atoms with van der Waals surface area (Å²) in [7, 11) is 0. The van der Waals surface area contributed by atoms with Crippen LogP contribution < -0.4 is 11.5 Å². The van der Waals surface area contributed by atoms with Crippen LogP contribution in [0.2, 0.25) is 0 Å². The summed E-state index contributed by atoms with van der Waals surface area (Å²) >= 11 is 1.28. The quantitative estimate of drug-likeness (QED) is 0.770. The second kappa shape index (κ2) is 5.61. The molecule has 0 bridgehead atoms. The van der Waals surface area contributed by atoms with Crippen LogP contribution in [0.1, 0.15) is 10.4 Å². The van der Waals surface area contributed by atoms with E-state index < -0.39 is 5.91 Å². The molecule has 1 heterocycles. The van der Waals surface area contributed by atoms with E-state index in [-0.39, 0.29) is 5.82 Å². The molecule has 1 amide bonds. The molecule has 1 aromatic heterocycles. The van der Waals surface area contributed by atoms with Gasteiger partial charge in [0, 0.05) is 10.4 Å². The second-order valence-electron chi connectivity index (χ2n) is 4.78. The number of anilines is 1. The van der Waals surface area contributed by atoms with Crippen molar-refractivity contribution in [3.8, 4) is 21.6 Å². The van der Waals surface area contributed by atoms with Crippen LogP contribution in [-0.2, 0) is 0 Å². The van der Waals surface area contributed by atoms with Gasteiger partial charge in [0.05, 0.1) is 10.6 Å². The largest absolute Gasteiger partial charge is 0.390 e. The third-order valence-corrected chi connectivity index (χ3v) is 4.42. The molecule has 3 aromatic rings. The molecule has 0 spiro atoms. The van der Waals surface area contributed by atoms with Crippen molar-refractivity contribution in [3.05, 3.63) is 66.0 Å².